The van der Waals surface area contributed by atoms with E-state index in [4.69, 9.17) is 0 Å². The van der Waals surface area contributed by atoms with Crippen LogP contribution in [-0.4, -0.2) is 17.6 Å². The van der Waals surface area contributed by atoms with Crippen molar-refractivity contribution in [2.75, 3.05) is 4.90 Å². The number of hydrogen-bond acceptors (Lipinski definition) is 3. The summed E-state index contributed by atoms with van der Waals surface area (Å²) in [5, 5.41) is 0. The van der Waals surface area contributed by atoms with E-state index in [1.807, 2.05) is 27.7 Å². The number of ketones is 1. The lowest BCUT2D eigenvalue weighted by Gasteiger charge is -2.22. The van der Waals surface area contributed by atoms with Crippen LogP contribution in [0.15, 0.2) is 24.3 Å². The fraction of sp³-hybridized carbons (Fsp3) is 0.550. The predicted octanol–water partition coefficient (Wildman–Crippen LogP) is 4.09. The second-order valence-corrected chi connectivity index (χ2v) is 8.11. The van der Waals surface area contributed by atoms with Crippen molar-refractivity contribution in [3.8, 4) is 0 Å². The van der Waals surface area contributed by atoms with Crippen molar-refractivity contribution < 1.29 is 14.4 Å². The van der Waals surface area contributed by atoms with E-state index < -0.39 is 5.41 Å². The van der Waals surface area contributed by atoms with Crippen LogP contribution in [0.1, 0.15) is 58.3 Å². The SMILES string of the molecule is CC(C)C(C)C1CC(=O)N(c2cccc(C(=O)C(C)(C)C)c2)C1=O. The monoisotopic (exact) mass is 329 g/mol. The molecule has 0 aliphatic carbocycles. The minimum Gasteiger partial charge on any atom is -0.294 e. The van der Waals surface area contributed by atoms with Gasteiger partial charge in [0.15, 0.2) is 5.78 Å². The molecule has 24 heavy (non-hydrogen) atoms. The fourth-order valence-corrected chi connectivity index (χ4v) is 3.02. The Kier molecular flexibility index (Phi) is 4.97. The molecular weight excluding hydrogens is 302 g/mol. The van der Waals surface area contributed by atoms with Gasteiger partial charge in [0.1, 0.15) is 0 Å². The molecule has 1 aromatic rings. The zero-order valence-electron chi connectivity index (χ0n) is 15.4. The Labute approximate surface area is 144 Å². The van der Waals surface area contributed by atoms with Gasteiger partial charge in [-0.1, -0.05) is 53.7 Å². The van der Waals surface area contributed by atoms with Crippen LogP contribution in [0.3, 0.4) is 0 Å². The van der Waals surface area contributed by atoms with E-state index in [0.29, 0.717) is 17.2 Å². The molecule has 1 heterocycles. The standard InChI is InChI=1S/C20H27NO3/c1-12(2)13(3)16-11-17(22)21(19(16)24)15-9-7-8-14(10-15)18(23)20(4,5)6/h7-10,12-13,16H,11H2,1-6H3. The summed E-state index contributed by atoms with van der Waals surface area (Å²) in [7, 11) is 0. The summed E-state index contributed by atoms with van der Waals surface area (Å²) in [5.74, 6) is -0.138. The van der Waals surface area contributed by atoms with E-state index in [1.54, 1.807) is 24.3 Å². The molecule has 4 heteroatoms. The van der Waals surface area contributed by atoms with Crippen molar-refractivity contribution >= 4 is 23.3 Å². The molecular formula is C20H27NO3. The number of anilines is 1. The minimum absolute atomic E-state index is 0.00413. The van der Waals surface area contributed by atoms with Crippen molar-refractivity contribution in [1.29, 1.82) is 0 Å². The smallest absolute Gasteiger partial charge is 0.237 e. The summed E-state index contributed by atoms with van der Waals surface area (Å²) < 4.78 is 0. The van der Waals surface area contributed by atoms with Crippen molar-refractivity contribution in [2.45, 2.75) is 48.0 Å². The fourth-order valence-electron chi connectivity index (χ4n) is 3.02. The van der Waals surface area contributed by atoms with Crippen molar-refractivity contribution in [2.24, 2.45) is 23.2 Å². The molecule has 0 bridgehead atoms. The van der Waals surface area contributed by atoms with Gasteiger partial charge in [-0.15, -0.1) is 0 Å². The first-order valence-electron chi connectivity index (χ1n) is 8.55. The molecule has 0 spiro atoms. The van der Waals surface area contributed by atoms with Crippen LogP contribution in [0.25, 0.3) is 0 Å². The Morgan fingerprint density at radius 2 is 1.79 bits per heavy atom. The van der Waals surface area contributed by atoms with Gasteiger partial charge in [-0.05, 0) is 24.0 Å². The number of imide groups is 1. The molecule has 0 radical (unpaired) electrons. The molecule has 1 fully saturated rings. The molecule has 1 saturated heterocycles. The summed E-state index contributed by atoms with van der Waals surface area (Å²) in [6.07, 6.45) is 0.246. The number of carbonyl (C=O) groups is 3. The third-order valence-corrected chi connectivity index (χ3v) is 4.92. The van der Waals surface area contributed by atoms with Gasteiger partial charge in [0.25, 0.3) is 0 Å². The van der Waals surface area contributed by atoms with Crippen LogP contribution in [-0.2, 0) is 9.59 Å². The first-order valence-corrected chi connectivity index (χ1v) is 8.55. The third-order valence-electron chi connectivity index (χ3n) is 4.92. The molecule has 2 rings (SSSR count). The normalized spacial score (nSPS) is 20.0. The quantitative estimate of drug-likeness (QED) is 0.617. The molecule has 1 aliphatic rings. The largest absolute Gasteiger partial charge is 0.294 e. The molecule has 1 aliphatic heterocycles. The maximum absolute atomic E-state index is 12.8. The molecule has 2 amide bonds. The molecule has 0 N–H and O–H groups in total. The first kappa shape index (κ1) is 18.4. The van der Waals surface area contributed by atoms with Gasteiger partial charge in [-0.2, -0.15) is 0 Å². The van der Waals surface area contributed by atoms with Crippen LogP contribution in [0, 0.1) is 23.2 Å². The summed E-state index contributed by atoms with van der Waals surface area (Å²) in [4.78, 5) is 38.9. The van der Waals surface area contributed by atoms with Gasteiger partial charge in [0.2, 0.25) is 11.8 Å². The van der Waals surface area contributed by atoms with Crippen LogP contribution < -0.4 is 4.90 Å². The van der Waals surface area contributed by atoms with E-state index >= 15 is 0 Å². The Balaban J connectivity index is 2.34. The maximum atomic E-state index is 12.8. The van der Waals surface area contributed by atoms with Crippen molar-refractivity contribution in [3.63, 3.8) is 0 Å². The topological polar surface area (TPSA) is 54.5 Å². The lowest BCUT2D eigenvalue weighted by atomic mass is 9.84. The highest BCUT2D eigenvalue weighted by molar-refractivity contribution is 6.21. The highest BCUT2D eigenvalue weighted by atomic mass is 16.2. The number of amides is 2. The molecule has 1 aromatic carbocycles. The highest BCUT2D eigenvalue weighted by Gasteiger charge is 2.43. The van der Waals surface area contributed by atoms with Gasteiger partial charge >= 0.3 is 0 Å². The van der Waals surface area contributed by atoms with E-state index in [0.717, 1.165) is 0 Å². The third kappa shape index (κ3) is 3.42. The number of nitrogens with zero attached hydrogens (tertiary/aromatic N) is 1. The molecule has 0 aromatic heterocycles. The second kappa shape index (κ2) is 6.50. The summed E-state index contributed by atoms with van der Waals surface area (Å²) in [6, 6.07) is 6.84. The van der Waals surface area contributed by atoms with Gasteiger partial charge in [0, 0.05) is 17.4 Å². The Bertz CT molecular complexity index is 670. The number of benzene rings is 1. The van der Waals surface area contributed by atoms with Crippen molar-refractivity contribution in [1.82, 2.24) is 0 Å². The second-order valence-electron chi connectivity index (χ2n) is 8.11. The van der Waals surface area contributed by atoms with Gasteiger partial charge in [0.05, 0.1) is 11.6 Å². The number of Topliss-reactive ketones (excluding diaryl/α,β-unsaturated/α-hetero) is 1. The Morgan fingerprint density at radius 3 is 2.33 bits per heavy atom. The van der Waals surface area contributed by atoms with E-state index in [2.05, 4.69) is 13.8 Å². The van der Waals surface area contributed by atoms with Crippen molar-refractivity contribution in [3.05, 3.63) is 29.8 Å². The molecule has 2 atom stereocenters. The summed E-state index contributed by atoms with van der Waals surface area (Å²) in [6.45, 7) is 11.7. The minimum atomic E-state index is -0.508. The zero-order valence-corrected chi connectivity index (χ0v) is 15.4. The zero-order chi connectivity index (χ0) is 18.2. The summed E-state index contributed by atoms with van der Waals surface area (Å²) in [5.41, 5.74) is 0.520. The number of rotatable bonds is 4. The van der Waals surface area contributed by atoms with Crippen LogP contribution in [0.2, 0.25) is 0 Å². The van der Waals surface area contributed by atoms with E-state index in [1.165, 1.54) is 4.90 Å². The van der Waals surface area contributed by atoms with Crippen LogP contribution in [0.4, 0.5) is 5.69 Å². The van der Waals surface area contributed by atoms with Gasteiger partial charge < -0.3 is 0 Å². The summed E-state index contributed by atoms with van der Waals surface area (Å²) >= 11 is 0. The van der Waals surface area contributed by atoms with Gasteiger partial charge in [-0.3, -0.25) is 19.3 Å². The van der Waals surface area contributed by atoms with Gasteiger partial charge in [-0.25, -0.2) is 0 Å². The Hall–Kier alpha value is -1.97. The average Bonchev–Trinajstić information content (AvgIpc) is 2.79. The molecule has 2 unspecified atom stereocenters. The lowest BCUT2D eigenvalue weighted by molar-refractivity contribution is -0.123. The molecule has 130 valence electrons. The first-order chi connectivity index (χ1) is 11.0. The number of carbonyl (C=O) groups excluding carboxylic acids is 3. The lowest BCUT2D eigenvalue weighted by Crippen LogP contribution is -2.33. The van der Waals surface area contributed by atoms with Crippen LogP contribution >= 0.6 is 0 Å². The number of hydrogen-bond donors (Lipinski definition) is 0. The van der Waals surface area contributed by atoms with E-state index in [-0.39, 0.29) is 35.9 Å². The predicted molar refractivity (Wildman–Crippen MR) is 94.8 cm³/mol. The van der Waals surface area contributed by atoms with Crippen LogP contribution in [0.5, 0.6) is 0 Å². The highest BCUT2D eigenvalue weighted by Crippen LogP contribution is 2.34. The van der Waals surface area contributed by atoms with E-state index in [9.17, 15) is 14.4 Å². The Morgan fingerprint density at radius 1 is 1.17 bits per heavy atom. The average molecular weight is 329 g/mol. The molecule has 4 nitrogen and oxygen atoms in total. The molecule has 0 saturated carbocycles. The maximum Gasteiger partial charge on any atom is 0.237 e.